The predicted octanol–water partition coefficient (Wildman–Crippen LogP) is 1.84. The van der Waals surface area contributed by atoms with Gasteiger partial charge in [-0.15, -0.1) is 0 Å². The minimum atomic E-state index is -0.883. The van der Waals surface area contributed by atoms with E-state index in [9.17, 15) is 9.59 Å². The first-order valence-electron chi connectivity index (χ1n) is 7.65. The summed E-state index contributed by atoms with van der Waals surface area (Å²) < 4.78 is 5.71. The summed E-state index contributed by atoms with van der Waals surface area (Å²) in [7, 11) is 0. The highest BCUT2D eigenvalue weighted by Crippen LogP contribution is 2.27. The monoisotopic (exact) mass is 298 g/mol. The van der Waals surface area contributed by atoms with Crippen LogP contribution in [0.25, 0.3) is 0 Å². The Morgan fingerprint density at radius 2 is 1.86 bits per heavy atom. The van der Waals surface area contributed by atoms with E-state index >= 15 is 0 Å². The summed E-state index contributed by atoms with van der Waals surface area (Å²) >= 11 is 0. The number of nitrogens with zero attached hydrogens (tertiary/aromatic N) is 1. The molecule has 2 heterocycles. The molecule has 0 aliphatic carbocycles. The van der Waals surface area contributed by atoms with Crippen LogP contribution in [0.5, 0.6) is 0 Å². The van der Waals surface area contributed by atoms with Gasteiger partial charge in [0.2, 0.25) is 0 Å². The van der Waals surface area contributed by atoms with Crippen molar-refractivity contribution < 1.29 is 19.4 Å². The Morgan fingerprint density at radius 3 is 2.33 bits per heavy atom. The second kappa shape index (κ2) is 6.22. The molecular weight excluding hydrogens is 272 g/mol. The highest BCUT2D eigenvalue weighted by Gasteiger charge is 2.36. The van der Waals surface area contributed by atoms with Crippen molar-refractivity contribution in [1.29, 1.82) is 0 Å². The summed E-state index contributed by atoms with van der Waals surface area (Å²) in [6, 6.07) is -0.499. The van der Waals surface area contributed by atoms with Crippen LogP contribution in [-0.2, 0) is 9.53 Å². The third-order valence-electron chi connectivity index (χ3n) is 3.94. The van der Waals surface area contributed by atoms with Crippen molar-refractivity contribution in [3.8, 4) is 0 Å². The van der Waals surface area contributed by atoms with Crippen molar-refractivity contribution in [2.75, 3.05) is 13.1 Å². The Kier molecular flexibility index (Phi) is 4.76. The third-order valence-corrected chi connectivity index (χ3v) is 3.94. The van der Waals surface area contributed by atoms with E-state index in [2.05, 4.69) is 5.32 Å². The second-order valence-electron chi connectivity index (χ2n) is 7.37. The van der Waals surface area contributed by atoms with Crippen LogP contribution in [0, 0.1) is 5.41 Å². The van der Waals surface area contributed by atoms with Crippen LogP contribution in [0.3, 0.4) is 0 Å². The van der Waals surface area contributed by atoms with Crippen molar-refractivity contribution in [3.63, 3.8) is 0 Å². The maximum Gasteiger partial charge on any atom is 0.317 e. The molecular formula is C15H26N2O4. The summed E-state index contributed by atoms with van der Waals surface area (Å²) in [5, 5.41) is 11.9. The lowest BCUT2D eigenvalue weighted by atomic mass is 9.87. The molecule has 21 heavy (non-hydrogen) atoms. The molecule has 3 unspecified atom stereocenters. The molecule has 2 rings (SSSR count). The summed E-state index contributed by atoms with van der Waals surface area (Å²) in [6.07, 6.45) is 2.91. The van der Waals surface area contributed by atoms with Crippen molar-refractivity contribution >= 4 is 12.0 Å². The minimum Gasteiger partial charge on any atom is -0.481 e. The van der Waals surface area contributed by atoms with Gasteiger partial charge >= 0.3 is 12.0 Å². The first-order valence-corrected chi connectivity index (χ1v) is 7.65. The Bertz CT molecular complexity index is 393. The van der Waals surface area contributed by atoms with E-state index in [1.165, 1.54) is 0 Å². The number of amides is 2. The fourth-order valence-corrected chi connectivity index (χ4v) is 3.17. The Labute approximate surface area is 125 Å². The summed E-state index contributed by atoms with van der Waals surface area (Å²) in [5.74, 6) is -0.883. The van der Waals surface area contributed by atoms with Gasteiger partial charge in [0.15, 0.2) is 0 Å². The smallest absolute Gasteiger partial charge is 0.317 e. The fourth-order valence-electron chi connectivity index (χ4n) is 3.17. The van der Waals surface area contributed by atoms with Crippen LogP contribution in [0.2, 0.25) is 0 Å². The molecule has 3 atom stereocenters. The molecule has 2 N–H and O–H groups in total. The average Bonchev–Trinajstić information content (AvgIpc) is 2.65. The number of carboxylic acid groups (broad SMARTS) is 1. The number of urea groups is 1. The van der Waals surface area contributed by atoms with Gasteiger partial charge < -0.3 is 20.1 Å². The number of aliphatic carboxylic acids is 1. The molecule has 0 radical (unpaired) electrons. The SMILES string of the molecule is CC(C)(C)CC(CC(=O)O)NC(=O)N1CC2CCC(C1)O2. The van der Waals surface area contributed by atoms with E-state index in [0.717, 1.165) is 12.8 Å². The van der Waals surface area contributed by atoms with E-state index in [4.69, 9.17) is 9.84 Å². The third kappa shape index (κ3) is 4.88. The van der Waals surface area contributed by atoms with Crippen molar-refractivity contribution in [2.45, 2.75) is 64.7 Å². The van der Waals surface area contributed by atoms with Gasteiger partial charge in [-0.1, -0.05) is 20.8 Å². The molecule has 2 fully saturated rings. The lowest BCUT2D eigenvalue weighted by Gasteiger charge is -2.34. The van der Waals surface area contributed by atoms with Crippen molar-refractivity contribution in [2.24, 2.45) is 5.41 Å². The number of carboxylic acids is 1. The maximum absolute atomic E-state index is 12.4. The molecule has 0 spiro atoms. The standard InChI is InChI=1S/C15H26N2O4/c1-15(2,3)7-10(6-13(18)19)16-14(20)17-8-11-4-5-12(9-17)21-11/h10-12H,4-9H2,1-3H3,(H,16,20)(H,18,19). The number of likely N-dealkylation sites (tertiary alicyclic amines) is 1. The Balaban J connectivity index is 1.92. The number of hydrogen-bond donors (Lipinski definition) is 2. The number of nitrogens with one attached hydrogen (secondary N) is 1. The summed E-state index contributed by atoms with van der Waals surface area (Å²) in [6.45, 7) is 7.35. The highest BCUT2D eigenvalue weighted by molar-refractivity contribution is 5.76. The summed E-state index contributed by atoms with van der Waals surface area (Å²) in [4.78, 5) is 25.1. The van der Waals surface area contributed by atoms with Gasteiger partial charge in [0, 0.05) is 19.1 Å². The van der Waals surface area contributed by atoms with Crippen LogP contribution in [0.4, 0.5) is 4.79 Å². The van der Waals surface area contributed by atoms with Crippen LogP contribution in [-0.4, -0.2) is 53.3 Å². The van der Waals surface area contributed by atoms with Gasteiger partial charge in [-0.25, -0.2) is 4.79 Å². The van der Waals surface area contributed by atoms with E-state index in [0.29, 0.717) is 19.5 Å². The van der Waals surface area contributed by atoms with Gasteiger partial charge in [-0.05, 0) is 24.7 Å². The normalized spacial score (nSPS) is 26.5. The molecule has 2 aliphatic heterocycles. The largest absolute Gasteiger partial charge is 0.481 e. The Hall–Kier alpha value is -1.30. The molecule has 0 aromatic carbocycles. The first kappa shape index (κ1) is 16.1. The zero-order valence-electron chi connectivity index (χ0n) is 13.1. The molecule has 2 bridgehead atoms. The summed E-state index contributed by atoms with van der Waals surface area (Å²) in [5.41, 5.74) is -0.0303. The molecule has 2 aliphatic rings. The molecule has 2 saturated heterocycles. The molecule has 2 amide bonds. The zero-order valence-corrected chi connectivity index (χ0v) is 13.1. The Morgan fingerprint density at radius 1 is 1.29 bits per heavy atom. The molecule has 6 nitrogen and oxygen atoms in total. The van der Waals surface area contributed by atoms with Crippen LogP contribution < -0.4 is 5.32 Å². The van der Waals surface area contributed by atoms with Gasteiger partial charge in [0.25, 0.3) is 0 Å². The number of carbonyl (C=O) groups excluding carboxylic acids is 1. The van der Waals surface area contributed by atoms with Gasteiger partial charge in [0.05, 0.1) is 18.6 Å². The zero-order chi connectivity index (χ0) is 15.6. The number of morpholine rings is 1. The van der Waals surface area contributed by atoms with Gasteiger partial charge in [-0.3, -0.25) is 4.79 Å². The van der Waals surface area contributed by atoms with Crippen LogP contribution in [0.15, 0.2) is 0 Å². The molecule has 6 heteroatoms. The van der Waals surface area contributed by atoms with Gasteiger partial charge in [-0.2, -0.15) is 0 Å². The van der Waals surface area contributed by atoms with Crippen molar-refractivity contribution in [1.82, 2.24) is 10.2 Å². The lowest BCUT2D eigenvalue weighted by Crippen LogP contribution is -2.52. The average molecular weight is 298 g/mol. The number of ether oxygens (including phenoxy) is 1. The fraction of sp³-hybridized carbons (Fsp3) is 0.867. The number of rotatable bonds is 4. The number of hydrogen-bond acceptors (Lipinski definition) is 3. The highest BCUT2D eigenvalue weighted by atomic mass is 16.5. The van der Waals surface area contributed by atoms with E-state index < -0.39 is 5.97 Å². The molecule has 0 aromatic heterocycles. The quantitative estimate of drug-likeness (QED) is 0.830. The van der Waals surface area contributed by atoms with Crippen LogP contribution in [0.1, 0.15) is 46.5 Å². The van der Waals surface area contributed by atoms with Crippen LogP contribution >= 0.6 is 0 Å². The number of fused-ring (bicyclic) bond motifs is 2. The molecule has 0 aromatic rings. The van der Waals surface area contributed by atoms with Crippen molar-refractivity contribution in [3.05, 3.63) is 0 Å². The molecule has 120 valence electrons. The molecule has 0 saturated carbocycles. The van der Waals surface area contributed by atoms with E-state index in [1.54, 1.807) is 4.90 Å². The first-order chi connectivity index (χ1) is 9.73. The predicted molar refractivity (Wildman–Crippen MR) is 78.1 cm³/mol. The maximum atomic E-state index is 12.4. The topological polar surface area (TPSA) is 78.9 Å². The number of carbonyl (C=O) groups is 2. The van der Waals surface area contributed by atoms with E-state index in [1.807, 2.05) is 20.8 Å². The van der Waals surface area contributed by atoms with Gasteiger partial charge in [0.1, 0.15) is 0 Å². The minimum absolute atomic E-state index is 0.0303. The second-order valence-corrected chi connectivity index (χ2v) is 7.37. The lowest BCUT2D eigenvalue weighted by molar-refractivity contribution is -0.137. The van der Waals surface area contributed by atoms with E-state index in [-0.39, 0.29) is 36.1 Å².